The number of carbonyl (C=O) groups excluding carboxylic acids is 6. The lowest BCUT2D eigenvalue weighted by Gasteiger charge is -2.39. The standard InChI is InChI=1S/C52H85N7O12S/c1-10-35(4)47(57(7)45(62)33-53-51(65)46(34(2)3)56(6)26-28-71-30-29-70-27-22-43(60)58-24-20-38(21-25-58)52(66)67)42(68-8)32-44(61)59-23-14-17-41(59)48(69-9)36(5)49(63)54-40(31-37-15-12-11-13-16-37)50(64)55-72-39-18-19-39/h11-13,15-16,34-36,38-42,46-48H,10,14,17-33H2,1-9H3,(H,53,65)(H,54,63)(H,55,64)(H,66,67). The van der Waals surface area contributed by atoms with Crippen molar-refractivity contribution >= 4 is 53.4 Å². The summed E-state index contributed by atoms with van der Waals surface area (Å²) >= 11 is 1.40. The molecule has 3 aliphatic rings. The van der Waals surface area contributed by atoms with Crippen LogP contribution in [0.15, 0.2) is 30.3 Å². The van der Waals surface area contributed by atoms with Gasteiger partial charge in [-0.15, -0.1) is 0 Å². The van der Waals surface area contributed by atoms with Crippen molar-refractivity contribution in [1.82, 2.24) is 35.0 Å². The molecule has 4 rings (SSSR count). The molecule has 8 atom stereocenters. The van der Waals surface area contributed by atoms with Gasteiger partial charge in [-0.25, -0.2) is 0 Å². The molecule has 4 N–H and O–H groups in total. The topological polar surface area (TPSA) is 226 Å². The van der Waals surface area contributed by atoms with Gasteiger partial charge in [0.15, 0.2) is 0 Å². The number of methoxy groups -OCH3 is 2. The van der Waals surface area contributed by atoms with E-state index in [9.17, 15) is 38.7 Å². The van der Waals surface area contributed by atoms with Crippen molar-refractivity contribution < 1.29 is 57.6 Å². The third-order valence-corrected chi connectivity index (χ3v) is 15.6. The fourth-order valence-electron chi connectivity index (χ4n) is 9.85. The number of rotatable bonds is 32. The van der Waals surface area contributed by atoms with Crippen LogP contribution in [0.5, 0.6) is 0 Å². The van der Waals surface area contributed by atoms with Crippen molar-refractivity contribution in [2.45, 2.75) is 140 Å². The molecular formula is C52H85N7O12S. The number of hydrogen-bond acceptors (Lipinski definition) is 13. The van der Waals surface area contributed by atoms with Crippen LogP contribution in [-0.2, 0) is 58.9 Å². The maximum absolute atomic E-state index is 14.3. The highest BCUT2D eigenvalue weighted by Crippen LogP contribution is 2.32. The maximum Gasteiger partial charge on any atom is 0.306 e. The van der Waals surface area contributed by atoms with Gasteiger partial charge in [-0.05, 0) is 74.9 Å². The SMILES string of the molecule is CCC(C)C(C(CC(=O)N1CCCC1C(OC)C(C)C(=O)NC(Cc1ccccc1)C(=O)NSC1CC1)OC)N(C)C(=O)CNC(=O)C(C(C)C)N(C)CCOCCOCCC(=O)N1CCC(C(=O)O)CC1. The first-order valence-corrected chi connectivity index (χ1v) is 26.8. The van der Waals surface area contributed by atoms with Crippen LogP contribution in [-0.4, -0.2) is 195 Å². The molecule has 2 saturated heterocycles. The average molecular weight is 1030 g/mol. The molecule has 406 valence electrons. The Morgan fingerprint density at radius 2 is 1.49 bits per heavy atom. The van der Waals surface area contributed by atoms with E-state index in [4.69, 9.17) is 18.9 Å². The van der Waals surface area contributed by atoms with Crippen molar-refractivity contribution in [3.05, 3.63) is 35.9 Å². The summed E-state index contributed by atoms with van der Waals surface area (Å²) in [5.74, 6) is -3.53. The number of nitrogens with one attached hydrogen (secondary N) is 3. The molecule has 3 fully saturated rings. The van der Waals surface area contributed by atoms with E-state index in [0.29, 0.717) is 89.8 Å². The molecule has 6 amide bonds. The van der Waals surface area contributed by atoms with E-state index < -0.39 is 54.2 Å². The number of ether oxygens (including phenoxy) is 4. The summed E-state index contributed by atoms with van der Waals surface area (Å²) in [6.07, 6.45) is 4.24. The molecule has 19 nitrogen and oxygen atoms in total. The van der Waals surface area contributed by atoms with Crippen LogP contribution < -0.4 is 15.4 Å². The molecule has 8 unspecified atom stereocenters. The summed E-state index contributed by atoms with van der Waals surface area (Å²) in [5, 5.41) is 15.4. The lowest BCUT2D eigenvalue weighted by atomic mass is 9.90. The van der Waals surface area contributed by atoms with Crippen LogP contribution in [0.4, 0.5) is 0 Å². The van der Waals surface area contributed by atoms with Crippen molar-refractivity contribution in [1.29, 1.82) is 0 Å². The van der Waals surface area contributed by atoms with Gasteiger partial charge in [0.1, 0.15) is 6.04 Å². The van der Waals surface area contributed by atoms with Gasteiger partial charge in [-0.3, -0.25) is 43.2 Å². The van der Waals surface area contributed by atoms with Crippen LogP contribution in [0.1, 0.15) is 98.0 Å². The first-order valence-electron chi connectivity index (χ1n) is 26.0. The van der Waals surface area contributed by atoms with Gasteiger partial charge in [0.2, 0.25) is 29.5 Å². The van der Waals surface area contributed by atoms with E-state index in [2.05, 4.69) is 15.4 Å². The summed E-state index contributed by atoms with van der Waals surface area (Å²) < 4.78 is 26.3. The monoisotopic (exact) mass is 1030 g/mol. The second-order valence-corrected chi connectivity index (χ2v) is 21.1. The number of likely N-dealkylation sites (N-methyl/N-ethyl adjacent to an activating group) is 2. The molecule has 0 radical (unpaired) electrons. The van der Waals surface area contributed by atoms with Crippen LogP contribution in [0, 0.1) is 23.7 Å². The Kier molecular flexibility index (Phi) is 25.7. The number of likely N-dealkylation sites (tertiary alicyclic amines) is 2. The number of aliphatic carboxylic acids is 1. The zero-order valence-corrected chi connectivity index (χ0v) is 45.1. The van der Waals surface area contributed by atoms with Gasteiger partial charge < -0.3 is 49.4 Å². The van der Waals surface area contributed by atoms with E-state index in [1.165, 1.54) is 26.2 Å². The minimum absolute atomic E-state index is 0.0221. The number of benzene rings is 1. The zero-order valence-electron chi connectivity index (χ0n) is 44.3. The lowest BCUT2D eigenvalue weighted by Crippen LogP contribution is -2.56. The summed E-state index contributed by atoms with van der Waals surface area (Å²) in [4.78, 5) is 99.8. The minimum atomic E-state index is -0.814. The highest BCUT2D eigenvalue weighted by Gasteiger charge is 2.43. The average Bonchev–Trinajstić information content (AvgIpc) is 4.08. The van der Waals surface area contributed by atoms with E-state index in [1.54, 1.807) is 28.7 Å². The Labute approximate surface area is 432 Å². The first kappa shape index (κ1) is 60.2. The molecule has 20 heteroatoms. The third-order valence-electron chi connectivity index (χ3n) is 14.5. The van der Waals surface area contributed by atoms with E-state index in [0.717, 1.165) is 18.4 Å². The van der Waals surface area contributed by atoms with E-state index in [-0.39, 0.29) is 73.3 Å². The Hall–Kier alpha value is -4.34. The summed E-state index contributed by atoms with van der Waals surface area (Å²) in [7, 11) is 6.58. The van der Waals surface area contributed by atoms with Gasteiger partial charge in [0.05, 0.1) is 88.0 Å². The van der Waals surface area contributed by atoms with Crippen molar-refractivity contribution in [2.24, 2.45) is 23.7 Å². The van der Waals surface area contributed by atoms with Crippen molar-refractivity contribution in [3.8, 4) is 0 Å². The highest BCUT2D eigenvalue weighted by atomic mass is 32.2. The molecule has 0 aromatic heterocycles. The van der Waals surface area contributed by atoms with Crippen LogP contribution in [0.2, 0.25) is 0 Å². The fourth-order valence-corrected chi connectivity index (χ4v) is 10.6. The Morgan fingerprint density at radius 1 is 0.819 bits per heavy atom. The van der Waals surface area contributed by atoms with Gasteiger partial charge >= 0.3 is 5.97 Å². The fraction of sp³-hybridized carbons (Fsp3) is 0.750. The largest absolute Gasteiger partial charge is 0.481 e. The van der Waals surface area contributed by atoms with Gasteiger partial charge in [0, 0.05) is 59.1 Å². The van der Waals surface area contributed by atoms with Crippen LogP contribution in [0.3, 0.4) is 0 Å². The number of amides is 6. The number of hydrogen-bond donors (Lipinski definition) is 4. The second kappa shape index (κ2) is 30.8. The molecule has 72 heavy (non-hydrogen) atoms. The van der Waals surface area contributed by atoms with Crippen LogP contribution >= 0.6 is 11.9 Å². The predicted octanol–water partition coefficient (Wildman–Crippen LogP) is 3.38. The first-order chi connectivity index (χ1) is 34.4. The summed E-state index contributed by atoms with van der Waals surface area (Å²) in [6.45, 7) is 12.4. The van der Waals surface area contributed by atoms with Crippen molar-refractivity contribution in [2.75, 3.05) is 87.5 Å². The number of carboxylic acid groups (broad SMARTS) is 1. The third kappa shape index (κ3) is 18.5. The Morgan fingerprint density at radius 3 is 2.08 bits per heavy atom. The number of carbonyl (C=O) groups is 7. The van der Waals surface area contributed by atoms with Gasteiger partial charge in [-0.1, -0.05) is 71.4 Å². The minimum Gasteiger partial charge on any atom is -0.481 e. The molecule has 2 heterocycles. The number of nitrogens with zero attached hydrogens (tertiary/aromatic N) is 4. The van der Waals surface area contributed by atoms with Crippen LogP contribution in [0.25, 0.3) is 0 Å². The molecule has 1 saturated carbocycles. The molecular weight excluding hydrogens is 947 g/mol. The van der Waals surface area contributed by atoms with Crippen molar-refractivity contribution in [3.63, 3.8) is 0 Å². The summed E-state index contributed by atoms with van der Waals surface area (Å²) in [5.41, 5.74) is 0.916. The highest BCUT2D eigenvalue weighted by molar-refractivity contribution is 7.98. The van der Waals surface area contributed by atoms with E-state index >= 15 is 0 Å². The Bertz CT molecular complexity index is 1890. The molecule has 1 aromatic carbocycles. The lowest BCUT2D eigenvalue weighted by molar-refractivity contribution is -0.146. The quantitative estimate of drug-likeness (QED) is 0.0600. The smallest absolute Gasteiger partial charge is 0.306 e. The second-order valence-electron chi connectivity index (χ2n) is 20.0. The molecule has 1 aromatic rings. The predicted molar refractivity (Wildman–Crippen MR) is 274 cm³/mol. The molecule has 2 aliphatic heterocycles. The number of carboxylic acids is 1. The van der Waals surface area contributed by atoms with Gasteiger partial charge in [0.25, 0.3) is 5.91 Å². The van der Waals surface area contributed by atoms with Gasteiger partial charge in [-0.2, -0.15) is 0 Å². The normalized spacial score (nSPS) is 19.2. The zero-order chi connectivity index (χ0) is 52.9. The molecule has 0 spiro atoms. The number of piperidine rings is 1. The molecule has 0 bridgehead atoms. The Balaban J connectivity index is 1.26. The molecule has 1 aliphatic carbocycles. The summed E-state index contributed by atoms with van der Waals surface area (Å²) in [6, 6.07) is 7.29. The maximum atomic E-state index is 14.3. The van der Waals surface area contributed by atoms with E-state index in [1.807, 2.05) is 70.0 Å².